The molecule has 6 nitrogen and oxygen atoms in total. The average Bonchev–Trinajstić information content (AvgIpc) is 2.00. The fourth-order valence-electron chi connectivity index (χ4n) is 1.04. The molecule has 1 amide bonds. The molecule has 0 radical (unpaired) electrons. The number of halogens is 1. The van der Waals surface area contributed by atoms with Crippen molar-refractivity contribution < 1.29 is 17.9 Å². The highest BCUT2D eigenvalue weighted by Gasteiger charge is 2.31. The number of nitrogens with one attached hydrogen (secondary N) is 2. The summed E-state index contributed by atoms with van der Waals surface area (Å²) in [5, 5.41) is 0.0147. The molecule has 8 heteroatoms. The smallest absolute Gasteiger partial charge is 0.421 e. The van der Waals surface area contributed by atoms with Crippen LogP contribution in [0.2, 0.25) is 0 Å². The molecule has 1 saturated carbocycles. The van der Waals surface area contributed by atoms with Crippen LogP contribution in [-0.4, -0.2) is 33.0 Å². The number of carbonyl (C=O) groups excluding carboxylic acids is 1. The number of carbonyl (C=O) groups is 1. The summed E-state index contributed by atoms with van der Waals surface area (Å²) < 4.78 is 30.4. The first-order valence-electron chi connectivity index (χ1n) is 3.95. The summed E-state index contributed by atoms with van der Waals surface area (Å²) in [7, 11) is -2.72. The third-order valence-corrected chi connectivity index (χ3v) is 3.24. The zero-order valence-corrected chi connectivity index (χ0v) is 9.06. The van der Waals surface area contributed by atoms with Crippen molar-refractivity contribution in [3.63, 3.8) is 0 Å². The lowest BCUT2D eigenvalue weighted by atomic mass is 9.94. The average molecular weight is 243 g/mol. The summed E-state index contributed by atoms with van der Waals surface area (Å²) >= 11 is 5.66. The summed E-state index contributed by atoms with van der Waals surface area (Å²) in [6.07, 6.45) is 0.132. The standard InChI is InChI=1S/C6H11ClN2O4S/c1-13-6(10)9-14(11,12)8-5-2-4(7)3-5/h4-5,8H,2-3H2,1H3,(H,9,10). The Morgan fingerprint density at radius 1 is 1.50 bits per heavy atom. The fraction of sp³-hybridized carbons (Fsp3) is 0.833. The second kappa shape index (κ2) is 4.33. The fourth-order valence-corrected chi connectivity index (χ4v) is 2.47. The van der Waals surface area contributed by atoms with Crippen LogP contribution in [0.15, 0.2) is 0 Å². The van der Waals surface area contributed by atoms with E-state index in [9.17, 15) is 13.2 Å². The lowest BCUT2D eigenvalue weighted by Gasteiger charge is -2.30. The topological polar surface area (TPSA) is 84.5 Å². The molecule has 0 aromatic carbocycles. The molecular weight excluding hydrogens is 232 g/mol. The second-order valence-corrected chi connectivity index (χ2v) is 5.04. The maximum absolute atomic E-state index is 11.1. The van der Waals surface area contributed by atoms with Crippen molar-refractivity contribution in [2.45, 2.75) is 24.3 Å². The van der Waals surface area contributed by atoms with E-state index in [0.717, 1.165) is 7.11 Å². The molecule has 2 N–H and O–H groups in total. The quantitative estimate of drug-likeness (QED) is 0.680. The highest BCUT2D eigenvalue weighted by Crippen LogP contribution is 2.25. The minimum atomic E-state index is -3.81. The van der Waals surface area contributed by atoms with Crippen molar-refractivity contribution in [1.82, 2.24) is 9.44 Å². The molecule has 0 saturated heterocycles. The van der Waals surface area contributed by atoms with E-state index in [1.807, 2.05) is 0 Å². The maximum Gasteiger partial charge on any atom is 0.421 e. The number of amides is 1. The molecule has 14 heavy (non-hydrogen) atoms. The van der Waals surface area contributed by atoms with Crippen LogP contribution in [0.5, 0.6) is 0 Å². The Morgan fingerprint density at radius 3 is 2.50 bits per heavy atom. The lowest BCUT2D eigenvalue weighted by Crippen LogP contribution is -2.50. The van der Waals surface area contributed by atoms with Gasteiger partial charge in [0.2, 0.25) is 0 Å². The van der Waals surface area contributed by atoms with Crippen LogP contribution in [-0.2, 0) is 14.9 Å². The van der Waals surface area contributed by atoms with Gasteiger partial charge in [-0.25, -0.2) is 9.52 Å². The van der Waals surface area contributed by atoms with Crippen molar-refractivity contribution >= 4 is 27.9 Å². The van der Waals surface area contributed by atoms with Crippen LogP contribution in [0.3, 0.4) is 0 Å². The minimum Gasteiger partial charge on any atom is -0.452 e. The van der Waals surface area contributed by atoms with Crippen molar-refractivity contribution in [3.8, 4) is 0 Å². The number of hydrogen-bond acceptors (Lipinski definition) is 4. The number of methoxy groups -OCH3 is 1. The normalized spacial score (nSPS) is 26.4. The molecule has 0 aliphatic heterocycles. The zero-order chi connectivity index (χ0) is 10.8. The highest BCUT2D eigenvalue weighted by atomic mass is 35.5. The van der Waals surface area contributed by atoms with Gasteiger partial charge in [0.1, 0.15) is 0 Å². The van der Waals surface area contributed by atoms with Gasteiger partial charge in [0, 0.05) is 11.4 Å². The molecule has 0 aromatic rings. The summed E-state index contributed by atoms with van der Waals surface area (Å²) in [5.74, 6) is 0. The molecule has 1 aliphatic rings. The van der Waals surface area contributed by atoms with Crippen LogP contribution in [0.4, 0.5) is 4.79 Å². The van der Waals surface area contributed by atoms with Gasteiger partial charge in [0.25, 0.3) is 0 Å². The van der Waals surface area contributed by atoms with Gasteiger partial charge in [-0.05, 0) is 12.8 Å². The first-order valence-corrected chi connectivity index (χ1v) is 5.87. The molecule has 0 bridgehead atoms. The molecule has 1 aliphatic carbocycles. The van der Waals surface area contributed by atoms with Crippen molar-refractivity contribution in [2.75, 3.05) is 7.11 Å². The van der Waals surface area contributed by atoms with E-state index in [1.165, 1.54) is 0 Å². The first kappa shape index (κ1) is 11.5. The lowest BCUT2D eigenvalue weighted by molar-refractivity contribution is 0.177. The number of alkyl halides is 1. The van der Waals surface area contributed by atoms with E-state index in [-0.39, 0.29) is 11.4 Å². The molecular formula is C6H11ClN2O4S. The molecule has 0 aromatic heterocycles. The Kier molecular flexibility index (Phi) is 3.57. The van der Waals surface area contributed by atoms with E-state index in [0.29, 0.717) is 12.8 Å². The first-order chi connectivity index (χ1) is 6.43. The molecule has 1 rings (SSSR count). The monoisotopic (exact) mass is 242 g/mol. The predicted molar refractivity (Wildman–Crippen MR) is 50.3 cm³/mol. The van der Waals surface area contributed by atoms with Crippen LogP contribution < -0.4 is 9.44 Å². The third kappa shape index (κ3) is 3.32. The van der Waals surface area contributed by atoms with Crippen molar-refractivity contribution in [1.29, 1.82) is 0 Å². The molecule has 0 heterocycles. The SMILES string of the molecule is COC(=O)NS(=O)(=O)NC1CC(Cl)C1. The molecule has 0 spiro atoms. The van der Waals surface area contributed by atoms with Crippen LogP contribution in [0.1, 0.15) is 12.8 Å². The van der Waals surface area contributed by atoms with Gasteiger partial charge in [0.05, 0.1) is 7.11 Å². The predicted octanol–water partition coefficient (Wildman–Crippen LogP) is -0.0534. The van der Waals surface area contributed by atoms with Gasteiger partial charge in [-0.15, -0.1) is 11.6 Å². The summed E-state index contributed by atoms with van der Waals surface area (Å²) in [6, 6.07) is -0.195. The van der Waals surface area contributed by atoms with Gasteiger partial charge >= 0.3 is 16.3 Å². The van der Waals surface area contributed by atoms with Crippen molar-refractivity contribution in [2.24, 2.45) is 0 Å². The summed E-state index contributed by atoms with van der Waals surface area (Å²) in [5.41, 5.74) is 0. The van der Waals surface area contributed by atoms with Gasteiger partial charge in [0.15, 0.2) is 0 Å². The maximum atomic E-state index is 11.1. The van der Waals surface area contributed by atoms with Crippen molar-refractivity contribution in [3.05, 3.63) is 0 Å². The minimum absolute atomic E-state index is 0.0147. The Bertz CT molecular complexity index is 312. The van der Waals surface area contributed by atoms with Gasteiger partial charge in [-0.3, -0.25) is 0 Å². The second-order valence-electron chi connectivity index (χ2n) is 2.98. The van der Waals surface area contributed by atoms with Crippen LogP contribution >= 0.6 is 11.6 Å². The number of ether oxygens (including phenoxy) is 1. The Morgan fingerprint density at radius 2 is 2.07 bits per heavy atom. The number of hydrogen-bond donors (Lipinski definition) is 2. The molecule has 0 atom stereocenters. The van der Waals surface area contributed by atoms with E-state index >= 15 is 0 Å². The Labute approximate surface area is 87.1 Å². The van der Waals surface area contributed by atoms with E-state index in [2.05, 4.69) is 9.46 Å². The van der Waals surface area contributed by atoms with Gasteiger partial charge in [-0.2, -0.15) is 13.1 Å². The third-order valence-electron chi connectivity index (χ3n) is 1.81. The van der Waals surface area contributed by atoms with E-state index in [1.54, 1.807) is 4.72 Å². The van der Waals surface area contributed by atoms with Crippen LogP contribution in [0.25, 0.3) is 0 Å². The zero-order valence-electron chi connectivity index (χ0n) is 7.49. The Balaban J connectivity index is 2.38. The molecule has 1 fully saturated rings. The molecule has 82 valence electrons. The molecule has 0 unspecified atom stereocenters. The Hall–Kier alpha value is -0.530. The van der Waals surface area contributed by atoms with Crippen LogP contribution in [0, 0.1) is 0 Å². The van der Waals surface area contributed by atoms with Gasteiger partial charge in [-0.1, -0.05) is 0 Å². The van der Waals surface area contributed by atoms with Gasteiger partial charge < -0.3 is 4.74 Å². The summed E-state index contributed by atoms with van der Waals surface area (Å²) in [6.45, 7) is 0. The highest BCUT2D eigenvalue weighted by molar-refractivity contribution is 7.88. The van der Waals surface area contributed by atoms with E-state index in [4.69, 9.17) is 11.6 Å². The van der Waals surface area contributed by atoms with E-state index < -0.39 is 16.3 Å². The largest absolute Gasteiger partial charge is 0.452 e. The summed E-state index contributed by atoms with van der Waals surface area (Å²) in [4.78, 5) is 10.6. The number of rotatable bonds is 3.